The van der Waals surface area contributed by atoms with Crippen LogP contribution in [-0.4, -0.2) is 69.7 Å². The van der Waals surface area contributed by atoms with E-state index < -0.39 is 0 Å². The molecule has 2 aromatic heterocycles. The van der Waals surface area contributed by atoms with Gasteiger partial charge in [0, 0.05) is 36.1 Å². The lowest BCUT2D eigenvalue weighted by atomic mass is 10.1. The molecule has 3 aromatic rings. The number of nitrogens with zero attached hydrogens (tertiary/aromatic N) is 3. The second-order valence-electron chi connectivity index (χ2n) is 6.89. The molecule has 1 amide bonds. The predicted molar refractivity (Wildman–Crippen MR) is 98.3 cm³/mol. The maximum absolute atomic E-state index is 13.0. The maximum atomic E-state index is 13.0. The Balaban J connectivity index is 0.000000565. The number of hydrogen-bond donors (Lipinski definition) is 2. The average molecular weight is 368 g/mol. The van der Waals surface area contributed by atoms with Gasteiger partial charge < -0.3 is 14.4 Å². The fraction of sp³-hybridized carbons (Fsp3) is 0.316. The first-order chi connectivity index (χ1) is 13.1. The van der Waals surface area contributed by atoms with Crippen LogP contribution in [0, 0.1) is 0 Å². The number of carboxylic acid groups (broad SMARTS) is 1. The molecule has 27 heavy (non-hydrogen) atoms. The standard InChI is InChI=1S/C18H18N4O2.CH2O2/c1-21-8-14-7-13(21)9-22(14)18(23)17-15-6-11(12-4-5-24-10-12)2-3-16(15)19-20-17;2-1-3/h2-6,10,13-14H,7-9H2,1H3,(H,19,20);1H,(H,2,3)/t13-,14-;/m0./s1. The van der Waals surface area contributed by atoms with Crippen molar-refractivity contribution in [3.8, 4) is 11.1 Å². The molecule has 5 rings (SSSR count). The normalized spacial score (nSPS) is 21.3. The Morgan fingerprint density at radius 3 is 2.74 bits per heavy atom. The number of benzene rings is 1. The summed E-state index contributed by atoms with van der Waals surface area (Å²) >= 11 is 0. The molecular weight excluding hydrogens is 348 g/mol. The molecule has 2 fully saturated rings. The van der Waals surface area contributed by atoms with Gasteiger partial charge in [-0.05, 0) is 37.2 Å². The number of carbonyl (C=O) groups excluding carboxylic acids is 1. The zero-order valence-electron chi connectivity index (χ0n) is 14.8. The van der Waals surface area contributed by atoms with Gasteiger partial charge in [-0.25, -0.2) is 0 Å². The highest BCUT2D eigenvalue weighted by molar-refractivity contribution is 6.06. The van der Waals surface area contributed by atoms with Crippen molar-refractivity contribution < 1.29 is 19.1 Å². The van der Waals surface area contributed by atoms with Gasteiger partial charge in [-0.1, -0.05) is 6.07 Å². The van der Waals surface area contributed by atoms with Crippen molar-refractivity contribution in [2.45, 2.75) is 18.5 Å². The third-order valence-corrected chi connectivity index (χ3v) is 5.40. The molecule has 8 heteroatoms. The first-order valence-electron chi connectivity index (χ1n) is 8.72. The lowest BCUT2D eigenvalue weighted by molar-refractivity contribution is -0.122. The smallest absolute Gasteiger partial charge is 0.290 e. The number of hydrogen-bond acceptors (Lipinski definition) is 5. The number of likely N-dealkylation sites (tertiary alicyclic amines) is 2. The molecule has 2 bridgehead atoms. The molecule has 2 saturated heterocycles. The molecule has 0 aliphatic carbocycles. The van der Waals surface area contributed by atoms with E-state index in [1.165, 1.54) is 0 Å². The summed E-state index contributed by atoms with van der Waals surface area (Å²) in [6.45, 7) is 1.51. The molecule has 4 heterocycles. The molecule has 2 N–H and O–H groups in total. The topological polar surface area (TPSA) is 103 Å². The minimum absolute atomic E-state index is 0.0335. The zero-order valence-corrected chi connectivity index (χ0v) is 14.8. The van der Waals surface area contributed by atoms with E-state index in [1.807, 2.05) is 29.2 Å². The fourth-order valence-electron chi connectivity index (χ4n) is 4.04. The third-order valence-electron chi connectivity index (χ3n) is 5.40. The van der Waals surface area contributed by atoms with Crippen molar-refractivity contribution in [3.05, 3.63) is 42.5 Å². The number of H-pyrrole nitrogens is 1. The Morgan fingerprint density at radius 1 is 1.30 bits per heavy atom. The summed E-state index contributed by atoms with van der Waals surface area (Å²) in [5.41, 5.74) is 3.42. The van der Waals surface area contributed by atoms with E-state index in [4.69, 9.17) is 14.3 Å². The number of piperazine rings is 1. The summed E-state index contributed by atoms with van der Waals surface area (Å²) in [7, 11) is 2.13. The van der Waals surface area contributed by atoms with Gasteiger partial charge in [0.2, 0.25) is 0 Å². The van der Waals surface area contributed by atoms with Gasteiger partial charge in [0.15, 0.2) is 5.69 Å². The molecule has 0 saturated carbocycles. The largest absolute Gasteiger partial charge is 0.483 e. The van der Waals surface area contributed by atoms with Gasteiger partial charge >= 0.3 is 0 Å². The average Bonchev–Trinajstić information content (AvgIpc) is 3.43. The summed E-state index contributed by atoms with van der Waals surface area (Å²) in [4.78, 5) is 25.7. The number of aromatic nitrogens is 2. The van der Waals surface area contributed by atoms with E-state index in [-0.39, 0.29) is 12.4 Å². The minimum Gasteiger partial charge on any atom is -0.483 e. The van der Waals surface area contributed by atoms with E-state index >= 15 is 0 Å². The SMILES string of the molecule is CN1C[C@@H]2C[C@H]1CN2C(=O)c1n[nH]c2ccc(-c3ccoc3)cc12.O=CO. The van der Waals surface area contributed by atoms with Crippen LogP contribution in [0.2, 0.25) is 0 Å². The van der Waals surface area contributed by atoms with Crippen molar-refractivity contribution in [2.75, 3.05) is 20.1 Å². The highest BCUT2D eigenvalue weighted by Crippen LogP contribution is 2.32. The Kier molecular flexibility index (Phi) is 4.41. The Morgan fingerprint density at radius 2 is 2.11 bits per heavy atom. The second kappa shape index (κ2) is 6.88. The first-order valence-corrected chi connectivity index (χ1v) is 8.72. The summed E-state index contributed by atoms with van der Waals surface area (Å²) in [5.74, 6) is 0.0335. The van der Waals surface area contributed by atoms with Gasteiger partial charge in [0.1, 0.15) is 0 Å². The number of aromatic amines is 1. The van der Waals surface area contributed by atoms with Crippen molar-refractivity contribution in [3.63, 3.8) is 0 Å². The minimum atomic E-state index is -0.250. The molecule has 0 radical (unpaired) electrons. The van der Waals surface area contributed by atoms with Gasteiger partial charge in [0.25, 0.3) is 12.4 Å². The van der Waals surface area contributed by atoms with E-state index in [0.29, 0.717) is 17.8 Å². The number of likely N-dealkylation sites (N-methyl/N-ethyl adjacent to an activating group) is 1. The van der Waals surface area contributed by atoms with Crippen molar-refractivity contribution >= 4 is 23.3 Å². The van der Waals surface area contributed by atoms with Crippen molar-refractivity contribution in [1.82, 2.24) is 20.0 Å². The summed E-state index contributed by atoms with van der Waals surface area (Å²) in [5, 5.41) is 15.1. The van der Waals surface area contributed by atoms with Crippen molar-refractivity contribution in [1.29, 1.82) is 0 Å². The Labute approximate surface area is 155 Å². The molecule has 0 unspecified atom stereocenters. The lowest BCUT2D eigenvalue weighted by Gasteiger charge is -2.31. The number of furan rings is 1. The van der Waals surface area contributed by atoms with Gasteiger partial charge in [0.05, 0.1) is 18.0 Å². The number of rotatable bonds is 2. The highest BCUT2D eigenvalue weighted by Gasteiger charge is 2.44. The third kappa shape index (κ3) is 2.97. The monoisotopic (exact) mass is 368 g/mol. The van der Waals surface area contributed by atoms with Crippen LogP contribution in [0.4, 0.5) is 0 Å². The van der Waals surface area contributed by atoms with E-state index in [2.05, 4.69) is 22.1 Å². The second-order valence-corrected chi connectivity index (χ2v) is 6.89. The maximum Gasteiger partial charge on any atom is 0.290 e. The lowest BCUT2D eigenvalue weighted by Crippen LogP contribution is -2.47. The highest BCUT2D eigenvalue weighted by atomic mass is 16.3. The van der Waals surface area contributed by atoms with E-state index in [9.17, 15) is 4.79 Å². The number of amides is 1. The van der Waals surface area contributed by atoms with Crippen molar-refractivity contribution in [2.24, 2.45) is 0 Å². The van der Waals surface area contributed by atoms with Crippen LogP contribution in [0.3, 0.4) is 0 Å². The molecule has 140 valence electrons. The van der Waals surface area contributed by atoms with Crippen LogP contribution in [0.1, 0.15) is 16.9 Å². The first kappa shape index (κ1) is 17.3. The van der Waals surface area contributed by atoms with Crippen LogP contribution in [0.15, 0.2) is 41.2 Å². The van der Waals surface area contributed by atoms with Crippen LogP contribution >= 0.6 is 0 Å². The van der Waals surface area contributed by atoms with Crippen LogP contribution < -0.4 is 0 Å². The molecule has 8 nitrogen and oxygen atoms in total. The van der Waals surface area contributed by atoms with E-state index in [0.717, 1.165) is 41.5 Å². The fourth-order valence-corrected chi connectivity index (χ4v) is 4.04. The quantitative estimate of drug-likeness (QED) is 0.671. The molecule has 2 atom stereocenters. The Hall–Kier alpha value is -3.13. The van der Waals surface area contributed by atoms with Crippen LogP contribution in [0.5, 0.6) is 0 Å². The number of nitrogens with one attached hydrogen (secondary N) is 1. The summed E-state index contributed by atoms with van der Waals surface area (Å²) < 4.78 is 5.16. The summed E-state index contributed by atoms with van der Waals surface area (Å²) in [6, 6.07) is 8.70. The molecule has 0 spiro atoms. The molecule has 2 aliphatic rings. The number of fused-ring (bicyclic) bond motifs is 3. The van der Waals surface area contributed by atoms with Gasteiger partial charge in [-0.2, -0.15) is 5.10 Å². The Bertz CT molecular complexity index is 963. The predicted octanol–water partition coefficient (Wildman–Crippen LogP) is 2.05. The van der Waals surface area contributed by atoms with Gasteiger partial charge in [-0.3, -0.25) is 19.6 Å². The van der Waals surface area contributed by atoms with Gasteiger partial charge in [-0.15, -0.1) is 0 Å². The molecule has 2 aliphatic heterocycles. The zero-order chi connectivity index (χ0) is 19.0. The molecule has 1 aromatic carbocycles. The number of carbonyl (C=O) groups is 2. The molecular formula is C19H20N4O4. The van der Waals surface area contributed by atoms with Crippen LogP contribution in [0.25, 0.3) is 22.0 Å². The summed E-state index contributed by atoms with van der Waals surface area (Å²) in [6.07, 6.45) is 4.43. The van der Waals surface area contributed by atoms with E-state index in [1.54, 1.807) is 12.5 Å². The van der Waals surface area contributed by atoms with Crippen LogP contribution in [-0.2, 0) is 4.79 Å².